The Bertz CT molecular complexity index is 902. The molecule has 9 heteroatoms. The molecule has 122 valence electrons. The predicted octanol–water partition coefficient (Wildman–Crippen LogP) is 1.48. The lowest BCUT2D eigenvalue weighted by atomic mass is 10.1. The van der Waals surface area contributed by atoms with E-state index in [0.717, 1.165) is 16.8 Å². The van der Waals surface area contributed by atoms with Gasteiger partial charge in [-0.1, -0.05) is 0 Å². The Morgan fingerprint density at radius 1 is 1.33 bits per heavy atom. The number of aromatic nitrogens is 6. The zero-order valence-corrected chi connectivity index (χ0v) is 14.0. The van der Waals surface area contributed by atoms with Crippen LogP contribution in [-0.2, 0) is 11.8 Å². The Labute approximate surface area is 142 Å². The molecule has 1 amide bonds. The number of hydrogen-bond donors (Lipinski definition) is 1. The number of amides is 1. The van der Waals surface area contributed by atoms with Crippen LogP contribution in [0.5, 0.6) is 0 Å². The average molecular weight is 341 g/mol. The highest BCUT2D eigenvalue weighted by Crippen LogP contribution is 2.43. The molecule has 24 heavy (non-hydrogen) atoms. The normalized spacial score (nSPS) is 17.2. The largest absolute Gasteiger partial charge is 0.309 e. The second-order valence-electron chi connectivity index (χ2n) is 5.49. The number of rotatable bonds is 2. The topological polar surface area (TPSA) is 90.5 Å². The van der Waals surface area contributed by atoms with E-state index in [1.165, 1.54) is 0 Å². The molecule has 1 unspecified atom stereocenters. The Hall–Kier alpha value is -2.68. The fraction of sp³-hybridized carbons (Fsp3) is 0.267. The van der Waals surface area contributed by atoms with Crippen LogP contribution in [0.15, 0.2) is 30.9 Å². The van der Waals surface area contributed by atoms with Crippen LogP contribution in [0.1, 0.15) is 22.1 Å². The maximum atomic E-state index is 12.2. The summed E-state index contributed by atoms with van der Waals surface area (Å²) in [6.07, 6.45) is 7.09. The molecule has 3 aromatic rings. The second kappa shape index (κ2) is 5.75. The van der Waals surface area contributed by atoms with Gasteiger partial charge in [0, 0.05) is 36.8 Å². The fourth-order valence-electron chi connectivity index (χ4n) is 2.77. The maximum Gasteiger partial charge on any atom is 0.252 e. The van der Waals surface area contributed by atoms with Crippen LogP contribution in [0.2, 0.25) is 0 Å². The zero-order valence-electron chi connectivity index (χ0n) is 13.2. The molecule has 3 aromatic heterocycles. The van der Waals surface area contributed by atoms with E-state index in [1.54, 1.807) is 39.6 Å². The molecular weight excluding hydrogens is 326 g/mol. The van der Waals surface area contributed by atoms with Crippen molar-refractivity contribution in [2.24, 2.45) is 7.05 Å². The van der Waals surface area contributed by atoms with E-state index in [1.807, 2.05) is 26.4 Å². The summed E-state index contributed by atoms with van der Waals surface area (Å²) < 4.78 is 3.35. The van der Waals surface area contributed by atoms with Gasteiger partial charge in [-0.05, 0) is 13.0 Å². The number of aryl methyl sites for hydroxylation is 2. The van der Waals surface area contributed by atoms with Crippen molar-refractivity contribution in [2.45, 2.75) is 12.2 Å². The van der Waals surface area contributed by atoms with Crippen molar-refractivity contribution >= 4 is 23.5 Å². The number of fused-ring (bicyclic) bond motifs is 1. The monoisotopic (exact) mass is 341 g/mol. The van der Waals surface area contributed by atoms with Crippen molar-refractivity contribution in [2.75, 3.05) is 11.1 Å². The molecular formula is C15H15N7OS. The minimum Gasteiger partial charge on any atom is -0.309 e. The highest BCUT2D eigenvalue weighted by Gasteiger charge is 2.31. The molecule has 0 fully saturated rings. The van der Waals surface area contributed by atoms with Crippen LogP contribution in [0, 0.1) is 6.92 Å². The van der Waals surface area contributed by atoms with Crippen molar-refractivity contribution < 1.29 is 4.79 Å². The minimum absolute atomic E-state index is 0.0230. The first-order chi connectivity index (χ1) is 11.6. The predicted molar refractivity (Wildman–Crippen MR) is 90.0 cm³/mol. The number of anilines is 1. The summed E-state index contributed by atoms with van der Waals surface area (Å²) in [5.74, 6) is 1.36. The summed E-state index contributed by atoms with van der Waals surface area (Å²) in [5, 5.41) is 11.7. The quantitative estimate of drug-likeness (QED) is 0.759. The number of thioether (sulfide) groups is 1. The second-order valence-corrected chi connectivity index (χ2v) is 6.59. The van der Waals surface area contributed by atoms with Crippen molar-refractivity contribution in [1.82, 2.24) is 29.5 Å². The molecule has 8 nitrogen and oxygen atoms in total. The van der Waals surface area contributed by atoms with Gasteiger partial charge in [-0.2, -0.15) is 14.9 Å². The van der Waals surface area contributed by atoms with E-state index in [0.29, 0.717) is 17.5 Å². The third-order valence-electron chi connectivity index (χ3n) is 3.78. The van der Waals surface area contributed by atoms with Crippen LogP contribution in [-0.4, -0.2) is 41.2 Å². The van der Waals surface area contributed by atoms with Crippen LogP contribution >= 0.6 is 11.8 Å². The number of nitrogens with one attached hydrogen (secondary N) is 1. The number of nitrogens with zero attached hydrogens (tertiary/aromatic N) is 6. The molecule has 1 aliphatic heterocycles. The first-order valence-corrected chi connectivity index (χ1v) is 8.45. The molecule has 0 radical (unpaired) electrons. The molecule has 0 aliphatic carbocycles. The van der Waals surface area contributed by atoms with Crippen molar-refractivity contribution in [3.8, 4) is 5.95 Å². The van der Waals surface area contributed by atoms with E-state index >= 15 is 0 Å². The van der Waals surface area contributed by atoms with E-state index in [9.17, 15) is 4.79 Å². The lowest BCUT2D eigenvalue weighted by Gasteiger charge is -2.12. The van der Waals surface area contributed by atoms with Gasteiger partial charge >= 0.3 is 0 Å². The average Bonchev–Trinajstić information content (AvgIpc) is 3.08. The first-order valence-electron chi connectivity index (χ1n) is 7.40. The Morgan fingerprint density at radius 2 is 2.12 bits per heavy atom. The SMILES string of the molecule is Cc1nn(-c2ncccn2)c2c1C(c1cnn(C)c1)SCC(=O)N2. The number of hydrogen-bond acceptors (Lipinski definition) is 6. The van der Waals surface area contributed by atoms with Gasteiger partial charge in [-0.3, -0.25) is 9.48 Å². The Balaban J connectivity index is 1.90. The third-order valence-corrected chi connectivity index (χ3v) is 5.05. The van der Waals surface area contributed by atoms with E-state index < -0.39 is 0 Å². The summed E-state index contributed by atoms with van der Waals surface area (Å²) in [6, 6.07) is 1.74. The molecule has 4 rings (SSSR count). The first kappa shape index (κ1) is 14.9. The summed E-state index contributed by atoms with van der Waals surface area (Å²) >= 11 is 1.56. The molecule has 0 saturated heterocycles. The molecule has 0 bridgehead atoms. The molecule has 1 atom stereocenters. The zero-order chi connectivity index (χ0) is 16.7. The standard InChI is InChI=1S/C15H15N7OS/c1-9-12-13(10-6-18-21(2)7-10)24-8-11(23)19-14(12)22(20-9)15-16-4-3-5-17-15/h3-7,13H,8H2,1-2H3,(H,19,23). The fourth-order valence-corrected chi connectivity index (χ4v) is 3.92. The molecule has 0 spiro atoms. The number of carbonyl (C=O) groups excluding carboxylic acids is 1. The lowest BCUT2D eigenvalue weighted by molar-refractivity contribution is -0.113. The van der Waals surface area contributed by atoms with Crippen LogP contribution in [0.4, 0.5) is 5.82 Å². The van der Waals surface area contributed by atoms with E-state index in [2.05, 4.69) is 25.5 Å². The Kier molecular flexibility index (Phi) is 3.57. The third kappa shape index (κ3) is 2.46. The molecule has 0 saturated carbocycles. The highest BCUT2D eigenvalue weighted by atomic mass is 32.2. The van der Waals surface area contributed by atoms with Crippen LogP contribution in [0.3, 0.4) is 0 Å². The van der Waals surface area contributed by atoms with Gasteiger partial charge < -0.3 is 5.32 Å². The van der Waals surface area contributed by atoms with Gasteiger partial charge in [-0.15, -0.1) is 11.8 Å². The maximum absolute atomic E-state index is 12.2. The summed E-state index contributed by atoms with van der Waals surface area (Å²) in [6.45, 7) is 1.93. The molecule has 4 heterocycles. The summed E-state index contributed by atoms with van der Waals surface area (Å²) in [7, 11) is 1.88. The Morgan fingerprint density at radius 3 is 2.83 bits per heavy atom. The van der Waals surface area contributed by atoms with Crippen molar-refractivity contribution in [3.63, 3.8) is 0 Å². The number of carbonyl (C=O) groups is 1. The van der Waals surface area contributed by atoms with Gasteiger partial charge in [-0.25, -0.2) is 9.97 Å². The smallest absolute Gasteiger partial charge is 0.252 e. The minimum atomic E-state index is -0.0651. The highest BCUT2D eigenvalue weighted by molar-refractivity contribution is 8.00. The van der Waals surface area contributed by atoms with E-state index in [4.69, 9.17) is 0 Å². The van der Waals surface area contributed by atoms with Gasteiger partial charge in [0.2, 0.25) is 5.91 Å². The lowest BCUT2D eigenvalue weighted by Crippen LogP contribution is -2.16. The molecule has 1 N–H and O–H groups in total. The molecule has 1 aliphatic rings. The van der Waals surface area contributed by atoms with Crippen LogP contribution < -0.4 is 5.32 Å². The molecule has 0 aromatic carbocycles. The van der Waals surface area contributed by atoms with Crippen LogP contribution in [0.25, 0.3) is 5.95 Å². The summed E-state index contributed by atoms with van der Waals surface area (Å²) in [4.78, 5) is 20.7. The van der Waals surface area contributed by atoms with Gasteiger partial charge in [0.25, 0.3) is 5.95 Å². The van der Waals surface area contributed by atoms with E-state index in [-0.39, 0.29) is 11.2 Å². The van der Waals surface area contributed by atoms with Gasteiger partial charge in [0.05, 0.1) is 22.9 Å². The van der Waals surface area contributed by atoms with Gasteiger partial charge in [0.1, 0.15) is 5.82 Å². The summed E-state index contributed by atoms with van der Waals surface area (Å²) in [5.41, 5.74) is 2.84. The van der Waals surface area contributed by atoms with Crippen molar-refractivity contribution in [3.05, 3.63) is 47.7 Å². The van der Waals surface area contributed by atoms with Crippen molar-refractivity contribution in [1.29, 1.82) is 0 Å². The van der Waals surface area contributed by atoms with Gasteiger partial charge in [0.15, 0.2) is 0 Å².